The number of thioether (sulfide) groups is 1. The van der Waals surface area contributed by atoms with Gasteiger partial charge in [0.2, 0.25) is 0 Å². The number of amidine groups is 1. The number of hydrogen-bond acceptors (Lipinski definition) is 6. The lowest BCUT2D eigenvalue weighted by Gasteiger charge is -2.34. The second kappa shape index (κ2) is 6.84. The minimum atomic E-state index is -0.462. The zero-order chi connectivity index (χ0) is 18.1. The van der Waals surface area contributed by atoms with Gasteiger partial charge in [-0.25, -0.2) is 5.01 Å². The van der Waals surface area contributed by atoms with Gasteiger partial charge in [0.15, 0.2) is 11.3 Å². The first-order valence-electron chi connectivity index (χ1n) is 8.35. The Balaban J connectivity index is 1.97. The minimum Gasteiger partial charge on any atom is -0.493 e. The third kappa shape index (κ3) is 2.74. The highest BCUT2D eigenvalue weighted by molar-refractivity contribution is 8.13. The zero-order valence-corrected chi connectivity index (χ0v) is 15.3. The Morgan fingerprint density at radius 3 is 2.77 bits per heavy atom. The van der Waals surface area contributed by atoms with E-state index in [4.69, 9.17) is 9.73 Å². The highest BCUT2D eigenvalue weighted by Gasteiger charge is 2.35. The van der Waals surface area contributed by atoms with Crippen LogP contribution in [0.5, 0.6) is 5.75 Å². The molecular formula is C19H18N4O2S. The van der Waals surface area contributed by atoms with Crippen molar-refractivity contribution in [1.82, 2.24) is 10.3 Å². The number of fused-ring (bicyclic) bond motifs is 2. The number of nitrogens with one attached hydrogen (secondary N) is 1. The standard InChI is InChI=1S/C19H18N4O2S/c1-3-25-15-11-7-5-9-13(15)17-20-14-10-6-4-8-12(14)16-18(24)21-19(26-2)22-23(16)17/h4-11,17H,3H2,1-2H3,(H,21,22,24). The summed E-state index contributed by atoms with van der Waals surface area (Å²) in [7, 11) is 0. The Morgan fingerprint density at radius 1 is 1.19 bits per heavy atom. The van der Waals surface area contributed by atoms with E-state index < -0.39 is 6.17 Å². The van der Waals surface area contributed by atoms with E-state index >= 15 is 0 Å². The SMILES string of the molecule is CCOc1ccccc1C1N=c2ccccc2=C2C(=O)NC(SC)=NN21. The molecule has 1 atom stereocenters. The van der Waals surface area contributed by atoms with Gasteiger partial charge in [0, 0.05) is 10.8 Å². The third-order valence-corrected chi connectivity index (χ3v) is 4.78. The summed E-state index contributed by atoms with van der Waals surface area (Å²) in [5, 5.41) is 11.3. The first-order valence-corrected chi connectivity index (χ1v) is 9.57. The number of nitrogens with zero attached hydrogens (tertiary/aromatic N) is 3. The molecule has 0 saturated carbocycles. The lowest BCUT2D eigenvalue weighted by Crippen LogP contribution is -2.50. The van der Waals surface area contributed by atoms with Crippen LogP contribution in [-0.4, -0.2) is 28.9 Å². The normalized spacial score (nSPS) is 18.3. The average Bonchev–Trinajstić information content (AvgIpc) is 2.67. The summed E-state index contributed by atoms with van der Waals surface area (Å²) in [5.74, 6) is 0.569. The van der Waals surface area contributed by atoms with Crippen molar-refractivity contribution < 1.29 is 9.53 Å². The summed E-state index contributed by atoms with van der Waals surface area (Å²) in [6.07, 6.45) is 1.42. The topological polar surface area (TPSA) is 66.3 Å². The Bertz CT molecular complexity index is 1020. The van der Waals surface area contributed by atoms with Crippen molar-refractivity contribution in [3.05, 3.63) is 64.7 Å². The lowest BCUT2D eigenvalue weighted by molar-refractivity contribution is -0.116. The van der Waals surface area contributed by atoms with Crippen LogP contribution in [0.25, 0.3) is 5.70 Å². The molecule has 2 aliphatic heterocycles. The molecule has 4 rings (SSSR count). The monoisotopic (exact) mass is 366 g/mol. The summed E-state index contributed by atoms with van der Waals surface area (Å²) in [4.78, 5) is 17.7. The van der Waals surface area contributed by atoms with Gasteiger partial charge in [0.25, 0.3) is 5.91 Å². The Morgan fingerprint density at radius 2 is 1.96 bits per heavy atom. The van der Waals surface area contributed by atoms with Gasteiger partial charge in [-0.1, -0.05) is 48.2 Å². The van der Waals surface area contributed by atoms with E-state index in [9.17, 15) is 4.79 Å². The van der Waals surface area contributed by atoms with Gasteiger partial charge in [-0.2, -0.15) is 0 Å². The van der Waals surface area contributed by atoms with Crippen molar-refractivity contribution in [2.24, 2.45) is 10.1 Å². The number of amides is 1. The smallest absolute Gasteiger partial charge is 0.276 e. The highest BCUT2D eigenvalue weighted by Crippen LogP contribution is 2.35. The Labute approximate surface area is 155 Å². The fraction of sp³-hybridized carbons (Fsp3) is 0.211. The Kier molecular flexibility index (Phi) is 4.38. The molecule has 0 saturated heterocycles. The van der Waals surface area contributed by atoms with Crippen LogP contribution < -0.4 is 20.6 Å². The predicted molar refractivity (Wildman–Crippen MR) is 102 cm³/mol. The van der Waals surface area contributed by atoms with Crippen molar-refractivity contribution in [2.45, 2.75) is 13.1 Å². The molecule has 0 fully saturated rings. The molecule has 0 aromatic heterocycles. The van der Waals surface area contributed by atoms with Crippen molar-refractivity contribution in [3.8, 4) is 5.75 Å². The molecule has 1 N–H and O–H groups in total. The summed E-state index contributed by atoms with van der Waals surface area (Å²) in [6, 6.07) is 15.4. The number of hydrazone groups is 1. The summed E-state index contributed by atoms with van der Waals surface area (Å²) in [5.41, 5.74) is 1.38. The van der Waals surface area contributed by atoms with Gasteiger partial charge in [-0.3, -0.25) is 15.1 Å². The number of carbonyl (C=O) groups is 1. The zero-order valence-electron chi connectivity index (χ0n) is 14.5. The Hall–Kier alpha value is -2.80. The molecule has 2 heterocycles. The van der Waals surface area contributed by atoms with Crippen LogP contribution in [0.15, 0.2) is 58.6 Å². The summed E-state index contributed by atoms with van der Waals surface area (Å²) in [6.45, 7) is 2.50. The second-order valence-electron chi connectivity index (χ2n) is 5.75. The molecule has 2 aromatic carbocycles. The molecule has 6 nitrogen and oxygen atoms in total. The van der Waals surface area contributed by atoms with Crippen LogP contribution in [0, 0.1) is 0 Å². The molecule has 2 aromatic rings. The molecule has 1 unspecified atom stereocenters. The van der Waals surface area contributed by atoms with Crippen LogP contribution >= 0.6 is 11.8 Å². The molecule has 26 heavy (non-hydrogen) atoms. The molecule has 0 aliphatic carbocycles. The largest absolute Gasteiger partial charge is 0.493 e. The van der Waals surface area contributed by atoms with Gasteiger partial charge >= 0.3 is 0 Å². The van der Waals surface area contributed by atoms with Crippen LogP contribution in [0.2, 0.25) is 0 Å². The van der Waals surface area contributed by atoms with Gasteiger partial charge in [-0.05, 0) is 25.3 Å². The van der Waals surface area contributed by atoms with Crippen molar-refractivity contribution in [3.63, 3.8) is 0 Å². The quantitative estimate of drug-likeness (QED) is 0.896. The molecule has 0 spiro atoms. The molecule has 132 valence electrons. The molecular weight excluding hydrogens is 348 g/mol. The molecule has 0 radical (unpaired) electrons. The minimum absolute atomic E-state index is 0.175. The van der Waals surface area contributed by atoms with Crippen molar-refractivity contribution in [2.75, 3.05) is 12.9 Å². The number of rotatable bonds is 3. The fourth-order valence-corrected chi connectivity index (χ4v) is 3.47. The number of benzene rings is 2. The van der Waals surface area contributed by atoms with E-state index in [1.54, 1.807) is 5.01 Å². The molecule has 1 amide bonds. The van der Waals surface area contributed by atoms with E-state index in [-0.39, 0.29) is 5.91 Å². The predicted octanol–water partition coefficient (Wildman–Crippen LogP) is 1.59. The van der Waals surface area contributed by atoms with Gasteiger partial charge in [0.05, 0.1) is 12.0 Å². The highest BCUT2D eigenvalue weighted by atomic mass is 32.2. The molecule has 2 aliphatic rings. The van der Waals surface area contributed by atoms with Crippen molar-refractivity contribution in [1.29, 1.82) is 0 Å². The van der Waals surface area contributed by atoms with Gasteiger partial charge in [-0.15, -0.1) is 5.10 Å². The van der Waals surface area contributed by atoms with Gasteiger partial charge < -0.3 is 4.74 Å². The van der Waals surface area contributed by atoms with Gasteiger partial charge in [0.1, 0.15) is 11.4 Å². The van der Waals surface area contributed by atoms with Crippen molar-refractivity contribution >= 4 is 28.5 Å². The number of hydrogen-bond donors (Lipinski definition) is 1. The van der Waals surface area contributed by atoms with Crippen LogP contribution in [-0.2, 0) is 4.79 Å². The lowest BCUT2D eigenvalue weighted by atomic mass is 10.1. The fourth-order valence-electron chi connectivity index (χ4n) is 3.10. The number of ether oxygens (including phenoxy) is 1. The van der Waals surface area contributed by atoms with E-state index in [1.165, 1.54) is 11.8 Å². The maximum absolute atomic E-state index is 12.8. The summed E-state index contributed by atoms with van der Waals surface area (Å²) >= 11 is 1.39. The first kappa shape index (κ1) is 16.7. The van der Waals surface area contributed by atoms with E-state index in [1.807, 2.05) is 61.7 Å². The van der Waals surface area contributed by atoms with Crippen LogP contribution in [0.4, 0.5) is 0 Å². The first-order chi connectivity index (χ1) is 12.7. The molecule has 0 bridgehead atoms. The molecule has 7 heteroatoms. The number of carbonyl (C=O) groups excluding carboxylic acids is 1. The second-order valence-corrected chi connectivity index (χ2v) is 6.54. The van der Waals surface area contributed by atoms with Crippen LogP contribution in [0.3, 0.4) is 0 Å². The maximum Gasteiger partial charge on any atom is 0.276 e. The van der Waals surface area contributed by atoms with E-state index in [2.05, 4.69) is 10.4 Å². The van der Waals surface area contributed by atoms with Crippen LogP contribution in [0.1, 0.15) is 18.7 Å². The number of para-hydroxylation sites is 2. The summed E-state index contributed by atoms with van der Waals surface area (Å²) < 4.78 is 5.79. The average molecular weight is 366 g/mol. The van der Waals surface area contributed by atoms with E-state index in [0.717, 1.165) is 21.9 Å². The van der Waals surface area contributed by atoms with E-state index in [0.29, 0.717) is 17.5 Å². The third-order valence-electron chi connectivity index (χ3n) is 4.21. The maximum atomic E-state index is 12.8.